The molecule has 4 N–H and O–H groups in total. The van der Waals surface area contributed by atoms with Crippen LogP contribution in [0.2, 0.25) is 0 Å². The van der Waals surface area contributed by atoms with E-state index in [1.165, 1.54) is 6.92 Å². The van der Waals surface area contributed by atoms with E-state index in [0.29, 0.717) is 0 Å². The number of nitrogens with two attached hydrogens (primary N) is 1. The van der Waals surface area contributed by atoms with E-state index in [2.05, 4.69) is 20.3 Å². The van der Waals surface area contributed by atoms with Crippen molar-refractivity contribution >= 4 is 17.7 Å². The smallest absolute Gasteiger partial charge is 0.313 e. The van der Waals surface area contributed by atoms with Gasteiger partial charge in [0.05, 0.1) is 19.3 Å². The Balaban J connectivity index is 2.13. The highest BCUT2D eigenvalue weighted by atomic mass is 16.6. The molecule has 9 heteroatoms. The summed E-state index contributed by atoms with van der Waals surface area (Å²) < 4.78 is 9.39. The Morgan fingerprint density at radius 1 is 1.56 bits per heavy atom. The van der Waals surface area contributed by atoms with Crippen LogP contribution in [0.5, 0.6) is 0 Å². The number of nitrogens with zero attached hydrogens (tertiary/aromatic N) is 2. The van der Waals surface area contributed by atoms with Crippen molar-refractivity contribution in [1.29, 1.82) is 0 Å². The largest absolute Gasteiger partial charge is 0.481 e. The monoisotopic (exact) mass is 256 g/mol. The van der Waals surface area contributed by atoms with Gasteiger partial charge < -0.3 is 20.9 Å². The van der Waals surface area contributed by atoms with Gasteiger partial charge in [0.25, 0.3) is 5.91 Å². The van der Waals surface area contributed by atoms with Gasteiger partial charge in [-0.1, -0.05) is 0 Å². The number of carboxylic acids is 1. The van der Waals surface area contributed by atoms with Gasteiger partial charge in [0.1, 0.15) is 5.41 Å². The van der Waals surface area contributed by atoms with E-state index in [0.717, 1.165) is 0 Å². The lowest BCUT2D eigenvalue weighted by Gasteiger charge is -2.24. The zero-order chi connectivity index (χ0) is 13.3. The molecule has 1 amide bonds. The molecule has 98 valence electrons. The first-order chi connectivity index (χ1) is 8.45. The molecule has 1 aliphatic heterocycles. The second-order valence-electron chi connectivity index (χ2n) is 4.26. The Morgan fingerprint density at radius 2 is 2.28 bits per heavy atom. The van der Waals surface area contributed by atoms with E-state index >= 15 is 0 Å². The second-order valence-corrected chi connectivity index (χ2v) is 4.26. The number of amides is 1. The van der Waals surface area contributed by atoms with Gasteiger partial charge in [0.15, 0.2) is 0 Å². The summed E-state index contributed by atoms with van der Waals surface area (Å²) in [4.78, 5) is 23.0. The molecule has 1 aromatic rings. The van der Waals surface area contributed by atoms with Crippen LogP contribution >= 0.6 is 0 Å². The minimum Gasteiger partial charge on any atom is -0.481 e. The molecule has 1 aromatic heterocycles. The standard InChI is InChI=1S/C9H12N4O5/c1-9(8(15)16)3-17-2-4(9)11-7(14)5-6(10)13-18-12-5/h4H,2-3H2,1H3,(H2,10,13)(H,11,14)(H,15,16). The summed E-state index contributed by atoms with van der Waals surface area (Å²) in [5.74, 6) is -1.84. The first-order valence-corrected chi connectivity index (χ1v) is 5.15. The van der Waals surface area contributed by atoms with Crippen LogP contribution in [0.4, 0.5) is 5.82 Å². The van der Waals surface area contributed by atoms with E-state index < -0.39 is 23.3 Å². The number of carbonyl (C=O) groups excluding carboxylic acids is 1. The van der Waals surface area contributed by atoms with E-state index in [1.807, 2.05) is 0 Å². The molecule has 2 unspecified atom stereocenters. The van der Waals surface area contributed by atoms with E-state index in [4.69, 9.17) is 15.6 Å². The number of carboxylic acid groups (broad SMARTS) is 1. The Kier molecular flexibility index (Phi) is 2.91. The second kappa shape index (κ2) is 4.26. The molecule has 0 spiro atoms. The number of aromatic nitrogens is 2. The predicted octanol–water partition coefficient (Wildman–Crippen LogP) is -1.13. The van der Waals surface area contributed by atoms with Crippen molar-refractivity contribution in [3.63, 3.8) is 0 Å². The molecule has 0 radical (unpaired) electrons. The maximum atomic E-state index is 11.8. The molecule has 2 atom stereocenters. The molecule has 0 aliphatic carbocycles. The van der Waals surface area contributed by atoms with Gasteiger partial charge in [0.2, 0.25) is 11.5 Å². The Bertz CT molecular complexity index is 487. The third-order valence-corrected chi connectivity index (χ3v) is 2.98. The minimum absolute atomic E-state index is 0.0276. The lowest BCUT2D eigenvalue weighted by Crippen LogP contribution is -2.49. The van der Waals surface area contributed by atoms with Crippen LogP contribution in [0.1, 0.15) is 17.4 Å². The quantitative estimate of drug-likeness (QED) is 0.617. The van der Waals surface area contributed by atoms with Crippen LogP contribution in [0.3, 0.4) is 0 Å². The van der Waals surface area contributed by atoms with Crippen molar-refractivity contribution in [3.05, 3.63) is 5.69 Å². The Hall–Kier alpha value is -2.16. The van der Waals surface area contributed by atoms with Crippen LogP contribution in [0, 0.1) is 5.41 Å². The van der Waals surface area contributed by atoms with Gasteiger partial charge in [0, 0.05) is 0 Å². The highest BCUT2D eigenvalue weighted by molar-refractivity contribution is 5.96. The normalized spacial score (nSPS) is 27.1. The van der Waals surface area contributed by atoms with Crippen LogP contribution in [0.25, 0.3) is 0 Å². The molecule has 1 saturated heterocycles. The van der Waals surface area contributed by atoms with Crippen LogP contribution < -0.4 is 11.1 Å². The third kappa shape index (κ3) is 1.88. The highest BCUT2D eigenvalue weighted by Crippen LogP contribution is 2.29. The summed E-state index contributed by atoms with van der Waals surface area (Å²) in [6.07, 6.45) is 0. The fourth-order valence-electron chi connectivity index (χ4n) is 1.66. The van der Waals surface area contributed by atoms with Gasteiger partial charge >= 0.3 is 5.97 Å². The number of anilines is 1. The van der Waals surface area contributed by atoms with E-state index in [-0.39, 0.29) is 24.7 Å². The van der Waals surface area contributed by atoms with Gasteiger partial charge in [-0.05, 0) is 17.2 Å². The van der Waals surface area contributed by atoms with Crippen molar-refractivity contribution < 1.29 is 24.1 Å². The summed E-state index contributed by atoms with van der Waals surface area (Å²) in [5, 5.41) is 18.3. The number of ether oxygens (including phenoxy) is 1. The zero-order valence-electron chi connectivity index (χ0n) is 9.54. The summed E-state index contributed by atoms with van der Waals surface area (Å²) in [6.45, 7) is 1.64. The molecule has 1 aliphatic rings. The molecule has 2 heterocycles. The maximum Gasteiger partial charge on any atom is 0.313 e. The average molecular weight is 256 g/mol. The van der Waals surface area contributed by atoms with E-state index in [1.54, 1.807) is 0 Å². The van der Waals surface area contributed by atoms with E-state index in [9.17, 15) is 9.59 Å². The number of carbonyl (C=O) groups is 2. The summed E-state index contributed by atoms with van der Waals surface area (Å²) in [6, 6.07) is -0.668. The Labute approximate surface area is 101 Å². The fraction of sp³-hybridized carbons (Fsp3) is 0.556. The summed E-state index contributed by atoms with van der Waals surface area (Å²) in [7, 11) is 0. The number of rotatable bonds is 3. The van der Waals surface area contributed by atoms with Crippen LogP contribution in [-0.4, -0.2) is 46.6 Å². The molecule has 0 saturated carbocycles. The lowest BCUT2D eigenvalue weighted by atomic mass is 9.85. The topological polar surface area (TPSA) is 141 Å². The van der Waals surface area contributed by atoms with Gasteiger partial charge in [-0.2, -0.15) is 0 Å². The average Bonchev–Trinajstić information content (AvgIpc) is 2.87. The maximum absolute atomic E-state index is 11.8. The zero-order valence-corrected chi connectivity index (χ0v) is 9.54. The fourth-order valence-corrected chi connectivity index (χ4v) is 1.66. The molecule has 9 nitrogen and oxygen atoms in total. The van der Waals surface area contributed by atoms with Gasteiger partial charge in [-0.25, -0.2) is 4.63 Å². The first kappa shape index (κ1) is 12.3. The molecule has 0 aromatic carbocycles. The van der Waals surface area contributed by atoms with Crippen LogP contribution in [-0.2, 0) is 9.53 Å². The number of nitrogen functional groups attached to an aromatic ring is 1. The lowest BCUT2D eigenvalue weighted by molar-refractivity contribution is -0.148. The Morgan fingerprint density at radius 3 is 2.83 bits per heavy atom. The molecule has 0 bridgehead atoms. The van der Waals surface area contributed by atoms with Crippen LogP contribution in [0.15, 0.2) is 4.63 Å². The summed E-state index contributed by atoms with van der Waals surface area (Å²) in [5.41, 5.74) is 4.02. The van der Waals surface area contributed by atoms with Crippen molar-refractivity contribution in [3.8, 4) is 0 Å². The molecular formula is C9H12N4O5. The number of aliphatic carboxylic acids is 1. The molecule has 1 fully saturated rings. The molecule has 18 heavy (non-hydrogen) atoms. The first-order valence-electron chi connectivity index (χ1n) is 5.15. The highest BCUT2D eigenvalue weighted by Gasteiger charge is 2.47. The molecular weight excluding hydrogens is 244 g/mol. The van der Waals surface area contributed by atoms with Gasteiger partial charge in [-0.3, -0.25) is 9.59 Å². The van der Waals surface area contributed by atoms with Crippen molar-refractivity contribution in [2.75, 3.05) is 18.9 Å². The van der Waals surface area contributed by atoms with Crippen molar-refractivity contribution in [1.82, 2.24) is 15.6 Å². The summed E-state index contributed by atoms with van der Waals surface area (Å²) >= 11 is 0. The van der Waals surface area contributed by atoms with Crippen molar-refractivity contribution in [2.24, 2.45) is 5.41 Å². The van der Waals surface area contributed by atoms with Gasteiger partial charge in [-0.15, -0.1) is 0 Å². The van der Waals surface area contributed by atoms with Crippen molar-refractivity contribution in [2.45, 2.75) is 13.0 Å². The number of hydrogen-bond acceptors (Lipinski definition) is 7. The minimum atomic E-state index is -1.18. The number of nitrogens with one attached hydrogen (secondary N) is 1. The SMILES string of the molecule is CC1(C(=O)O)COCC1NC(=O)c1nonc1N. The molecule has 2 rings (SSSR count). The number of hydrogen-bond donors (Lipinski definition) is 3. The predicted molar refractivity (Wildman–Crippen MR) is 56.5 cm³/mol. The third-order valence-electron chi connectivity index (χ3n) is 2.98.